The average Bonchev–Trinajstić information content (AvgIpc) is 2.25. The molecule has 0 saturated heterocycles. The van der Waals surface area contributed by atoms with Gasteiger partial charge in [0.05, 0.1) is 12.5 Å². The molecule has 2 rings (SSSR count). The van der Waals surface area contributed by atoms with Gasteiger partial charge in [-0.15, -0.1) is 0 Å². The van der Waals surface area contributed by atoms with Crippen LogP contribution in [0.3, 0.4) is 0 Å². The van der Waals surface area contributed by atoms with Crippen molar-refractivity contribution in [2.24, 2.45) is 5.73 Å². The molecule has 0 aliphatic rings. The molecule has 0 aromatic carbocycles. The van der Waals surface area contributed by atoms with Gasteiger partial charge in [0, 0.05) is 17.9 Å². The summed E-state index contributed by atoms with van der Waals surface area (Å²) in [6.07, 6.45) is 3.37. The van der Waals surface area contributed by atoms with Gasteiger partial charge in [-0.1, -0.05) is 11.6 Å². The highest BCUT2D eigenvalue weighted by atomic mass is 35.5. The Morgan fingerprint density at radius 3 is 2.53 bits per heavy atom. The van der Waals surface area contributed by atoms with Crippen molar-refractivity contribution in [3.05, 3.63) is 29.2 Å². The number of rotatable bonds is 2. The first-order valence-corrected chi connectivity index (χ1v) is 5.59. The van der Waals surface area contributed by atoms with Gasteiger partial charge in [0.1, 0.15) is 5.15 Å². The summed E-state index contributed by atoms with van der Waals surface area (Å²) in [7, 11) is 1.57. The molecule has 2 aromatic heterocycles. The maximum absolute atomic E-state index is 6.12. The number of aromatic nitrogens is 2. The van der Waals surface area contributed by atoms with Crippen LogP contribution in [0.2, 0.25) is 5.15 Å². The fourth-order valence-corrected chi connectivity index (χ4v) is 1.92. The SMILES string of the molecule is COc1ncc(C(C)(C)N)c2cc(Cl)ncc12. The van der Waals surface area contributed by atoms with Crippen molar-refractivity contribution in [3.63, 3.8) is 0 Å². The van der Waals surface area contributed by atoms with E-state index >= 15 is 0 Å². The summed E-state index contributed by atoms with van der Waals surface area (Å²) in [5.41, 5.74) is 6.54. The van der Waals surface area contributed by atoms with Crippen molar-refractivity contribution in [2.75, 3.05) is 7.11 Å². The van der Waals surface area contributed by atoms with Crippen molar-refractivity contribution in [1.29, 1.82) is 0 Å². The van der Waals surface area contributed by atoms with E-state index in [1.165, 1.54) is 0 Å². The summed E-state index contributed by atoms with van der Waals surface area (Å²) in [5, 5.41) is 2.16. The molecule has 0 aliphatic carbocycles. The van der Waals surface area contributed by atoms with Gasteiger partial charge in [-0.3, -0.25) is 0 Å². The minimum atomic E-state index is -0.498. The fraction of sp³-hybridized carbons (Fsp3) is 0.333. The standard InChI is InChI=1S/C12H14ClN3O/c1-12(2,14)9-6-16-11(17-3)8-5-15-10(13)4-7(8)9/h4-6H,14H2,1-3H3. The third-order valence-electron chi connectivity index (χ3n) is 2.59. The number of fused-ring (bicyclic) bond motifs is 1. The van der Waals surface area contributed by atoms with Gasteiger partial charge in [-0.05, 0) is 30.9 Å². The predicted molar refractivity (Wildman–Crippen MR) is 68.3 cm³/mol. The van der Waals surface area contributed by atoms with Crippen LogP contribution in [-0.4, -0.2) is 17.1 Å². The second kappa shape index (κ2) is 4.13. The summed E-state index contributed by atoms with van der Waals surface area (Å²) in [4.78, 5) is 8.28. The van der Waals surface area contributed by atoms with Gasteiger partial charge in [-0.2, -0.15) is 0 Å². The van der Waals surface area contributed by atoms with E-state index in [1.54, 1.807) is 25.6 Å². The van der Waals surface area contributed by atoms with Crippen molar-refractivity contribution in [2.45, 2.75) is 19.4 Å². The number of hydrogen-bond acceptors (Lipinski definition) is 4. The number of nitrogens with zero attached hydrogens (tertiary/aromatic N) is 2. The third kappa shape index (κ3) is 2.18. The van der Waals surface area contributed by atoms with E-state index in [0.717, 1.165) is 16.3 Å². The van der Waals surface area contributed by atoms with Gasteiger partial charge in [0.25, 0.3) is 0 Å². The topological polar surface area (TPSA) is 61.0 Å². The summed E-state index contributed by atoms with van der Waals surface area (Å²) in [5.74, 6) is 0.525. The Labute approximate surface area is 105 Å². The maximum Gasteiger partial charge on any atom is 0.222 e. The van der Waals surface area contributed by atoms with E-state index in [-0.39, 0.29) is 0 Å². The largest absolute Gasteiger partial charge is 0.481 e. The normalized spacial score (nSPS) is 11.8. The Balaban J connectivity index is 2.84. The first kappa shape index (κ1) is 12.1. The lowest BCUT2D eigenvalue weighted by atomic mass is 9.93. The Bertz CT molecular complexity index is 563. The van der Waals surface area contributed by atoms with Crippen molar-refractivity contribution < 1.29 is 4.74 Å². The lowest BCUT2D eigenvalue weighted by Gasteiger charge is -2.21. The summed E-state index contributed by atoms with van der Waals surface area (Å²) < 4.78 is 5.20. The van der Waals surface area contributed by atoms with Crippen LogP contribution in [0.1, 0.15) is 19.4 Å². The molecule has 0 spiro atoms. The summed E-state index contributed by atoms with van der Waals surface area (Å²) in [6, 6.07) is 1.78. The van der Waals surface area contributed by atoms with Crippen LogP contribution in [0.5, 0.6) is 5.88 Å². The molecule has 0 fully saturated rings. The van der Waals surface area contributed by atoms with E-state index in [0.29, 0.717) is 11.0 Å². The van der Waals surface area contributed by atoms with E-state index in [1.807, 2.05) is 13.8 Å². The predicted octanol–water partition coefficient (Wildman–Crippen LogP) is 2.49. The zero-order valence-corrected chi connectivity index (χ0v) is 10.7. The first-order chi connectivity index (χ1) is 7.93. The molecule has 2 heterocycles. The quantitative estimate of drug-likeness (QED) is 0.833. The molecule has 17 heavy (non-hydrogen) atoms. The number of methoxy groups -OCH3 is 1. The van der Waals surface area contributed by atoms with Crippen molar-refractivity contribution in [1.82, 2.24) is 9.97 Å². The van der Waals surface area contributed by atoms with Crippen LogP contribution < -0.4 is 10.5 Å². The number of hydrogen-bond donors (Lipinski definition) is 1. The van der Waals surface area contributed by atoms with Crippen LogP contribution >= 0.6 is 11.6 Å². The molecule has 0 aliphatic heterocycles. The Morgan fingerprint density at radius 1 is 1.24 bits per heavy atom. The van der Waals surface area contributed by atoms with Gasteiger partial charge in [0.15, 0.2) is 0 Å². The highest BCUT2D eigenvalue weighted by Gasteiger charge is 2.20. The van der Waals surface area contributed by atoms with Crippen molar-refractivity contribution in [3.8, 4) is 5.88 Å². The van der Waals surface area contributed by atoms with Gasteiger partial charge in [-0.25, -0.2) is 9.97 Å². The molecule has 2 aromatic rings. The molecule has 0 saturated carbocycles. The lowest BCUT2D eigenvalue weighted by molar-refractivity contribution is 0.402. The first-order valence-electron chi connectivity index (χ1n) is 5.21. The van der Waals surface area contributed by atoms with Crippen LogP contribution in [0.15, 0.2) is 18.5 Å². The second-order valence-electron chi connectivity index (χ2n) is 4.46. The highest BCUT2D eigenvalue weighted by molar-refractivity contribution is 6.30. The zero-order valence-electron chi connectivity index (χ0n) is 9.99. The molecular weight excluding hydrogens is 238 g/mol. The third-order valence-corrected chi connectivity index (χ3v) is 2.80. The average molecular weight is 252 g/mol. The molecule has 0 bridgehead atoms. The van der Waals surface area contributed by atoms with E-state index < -0.39 is 5.54 Å². The zero-order chi connectivity index (χ0) is 12.6. The van der Waals surface area contributed by atoms with Gasteiger partial charge < -0.3 is 10.5 Å². The van der Waals surface area contributed by atoms with E-state index in [4.69, 9.17) is 22.1 Å². The minimum absolute atomic E-state index is 0.427. The molecule has 0 atom stereocenters. The number of nitrogens with two attached hydrogens (primary N) is 1. The van der Waals surface area contributed by atoms with Crippen LogP contribution in [0.4, 0.5) is 0 Å². The van der Waals surface area contributed by atoms with Gasteiger partial charge >= 0.3 is 0 Å². The van der Waals surface area contributed by atoms with Crippen LogP contribution in [0, 0.1) is 0 Å². The Morgan fingerprint density at radius 2 is 1.94 bits per heavy atom. The fourth-order valence-electron chi connectivity index (χ4n) is 1.76. The summed E-state index contributed by atoms with van der Waals surface area (Å²) in [6.45, 7) is 3.84. The molecule has 0 radical (unpaired) electrons. The van der Waals surface area contributed by atoms with Crippen molar-refractivity contribution >= 4 is 22.4 Å². The maximum atomic E-state index is 6.12. The van der Waals surface area contributed by atoms with E-state index in [9.17, 15) is 0 Å². The smallest absolute Gasteiger partial charge is 0.222 e. The molecule has 0 amide bonds. The molecule has 90 valence electrons. The Kier molecular flexibility index (Phi) is 2.93. The number of pyridine rings is 2. The van der Waals surface area contributed by atoms with Crippen LogP contribution in [0.25, 0.3) is 10.8 Å². The van der Waals surface area contributed by atoms with Crippen LogP contribution in [-0.2, 0) is 5.54 Å². The molecular formula is C12H14ClN3O. The summed E-state index contributed by atoms with van der Waals surface area (Å²) >= 11 is 5.92. The Hall–Kier alpha value is -1.39. The molecule has 4 nitrogen and oxygen atoms in total. The minimum Gasteiger partial charge on any atom is -0.481 e. The second-order valence-corrected chi connectivity index (χ2v) is 4.84. The highest BCUT2D eigenvalue weighted by Crippen LogP contribution is 2.31. The van der Waals surface area contributed by atoms with E-state index in [2.05, 4.69) is 9.97 Å². The number of ether oxygens (including phenoxy) is 1. The molecule has 5 heteroatoms. The number of halogens is 1. The van der Waals surface area contributed by atoms with Gasteiger partial charge in [0.2, 0.25) is 5.88 Å². The lowest BCUT2D eigenvalue weighted by Crippen LogP contribution is -2.29. The monoisotopic (exact) mass is 251 g/mol. The molecule has 0 unspecified atom stereocenters. The molecule has 2 N–H and O–H groups in total.